The van der Waals surface area contributed by atoms with Crippen LogP contribution in [0.3, 0.4) is 0 Å². The monoisotopic (exact) mass is 1650 g/mol. The Balaban J connectivity index is 0.000000165. The van der Waals surface area contributed by atoms with Gasteiger partial charge >= 0.3 is 37.9 Å². The molecular weight excluding hydrogens is 1550 g/mol. The van der Waals surface area contributed by atoms with Crippen LogP contribution >= 0.6 is 17.0 Å². The van der Waals surface area contributed by atoms with E-state index in [0.29, 0.717) is 16.6 Å². The quantitative estimate of drug-likeness (QED) is 0.0706. The molecule has 12 aromatic carbocycles. The molecule has 12 aromatic rings. The average Bonchev–Trinajstić information content (AvgIpc) is 1.56. The molecule has 0 N–H and O–H groups in total. The molecule has 0 heterocycles. The number of hydrogen-bond donors (Lipinski definition) is 0. The van der Waals surface area contributed by atoms with E-state index in [1.54, 1.807) is 77.5 Å². The van der Waals surface area contributed by atoms with Gasteiger partial charge in [0.15, 0.2) is 0 Å². The molecule has 4 nitrogen and oxygen atoms in total. The third kappa shape index (κ3) is 14.2. The van der Waals surface area contributed by atoms with Crippen molar-refractivity contribution in [1.82, 2.24) is 0 Å². The van der Waals surface area contributed by atoms with Crippen molar-refractivity contribution in [2.24, 2.45) is 0 Å². The summed E-state index contributed by atoms with van der Waals surface area (Å²) in [6, 6.07) is 99.2. The van der Waals surface area contributed by atoms with Crippen LogP contribution in [-0.2, 0) is 78.6 Å². The summed E-state index contributed by atoms with van der Waals surface area (Å²) in [7, 11) is 5.54. The molecule has 0 bridgehead atoms. The first-order chi connectivity index (χ1) is 55.2. The first kappa shape index (κ1) is 79.5. The van der Waals surface area contributed by atoms with Gasteiger partial charge in [0.2, 0.25) is 0 Å². The molecule has 0 aromatic heterocycles. The van der Waals surface area contributed by atoms with Crippen molar-refractivity contribution in [3.05, 3.63) is 393 Å². The summed E-state index contributed by atoms with van der Waals surface area (Å²) >= 11 is -0.826. The number of hydrogen-bond acceptors (Lipinski definition) is 4. The Morgan fingerprint density at radius 3 is 0.817 bits per heavy atom. The van der Waals surface area contributed by atoms with Crippen LogP contribution < -0.4 is 19.6 Å². The molecule has 0 saturated heterocycles. The van der Waals surface area contributed by atoms with E-state index in [-0.39, 0.29) is 14.9 Å². The van der Waals surface area contributed by atoms with Crippen LogP contribution in [0.4, 0.5) is 68.2 Å². The zero-order valence-corrected chi connectivity index (χ0v) is 74.6. The Kier molecular flexibility index (Phi) is 23.1. The Hall–Kier alpha value is -9.30. The third-order valence-corrected chi connectivity index (χ3v) is 34.9. The van der Waals surface area contributed by atoms with Gasteiger partial charge in [-0.15, -0.1) is 0 Å². The Morgan fingerprint density at radius 2 is 0.539 bits per heavy atom. The van der Waals surface area contributed by atoms with E-state index in [1.807, 2.05) is 0 Å². The van der Waals surface area contributed by atoms with Gasteiger partial charge in [-0.3, -0.25) is 0 Å². The van der Waals surface area contributed by atoms with Gasteiger partial charge in [0.05, 0.1) is 38.9 Å². The second-order valence-corrected chi connectivity index (χ2v) is 46.9. The Labute approximate surface area is 706 Å². The predicted molar refractivity (Wildman–Crippen MR) is 498 cm³/mol. The topological polar surface area (TPSA) is 13.0 Å². The number of nitrogens with zero attached hydrogens (tertiary/aromatic N) is 4. The molecule has 0 saturated carbocycles. The van der Waals surface area contributed by atoms with E-state index in [1.165, 1.54) is 133 Å². The van der Waals surface area contributed by atoms with Crippen LogP contribution in [0.5, 0.6) is 0 Å². The number of fused-ring (bicyclic) bond motifs is 8. The van der Waals surface area contributed by atoms with Crippen LogP contribution in [0, 0.1) is 14.9 Å². The Bertz CT molecular complexity index is 5400. The van der Waals surface area contributed by atoms with Crippen molar-refractivity contribution in [2.75, 3.05) is 19.6 Å². The molecule has 8 aliphatic rings. The maximum atomic E-state index is 4.93. The molecular formula is C106H106Cl2N4Si2Zr. The zero-order valence-electron chi connectivity index (χ0n) is 68.6. The molecule has 0 fully saturated rings. The standard InChI is InChI=1S/2C52H50N2Si.2CH3.2ClH.Zr/c2*1-35-31-45-47(33-37-19-17-29-43(37)49(45)53(39-21-9-5-10-22-39)40-23-11-6-12-24-40)51(35)55(3,4)52-36(2)32-46-48(52)34-38-20-18-30-44(38)50(46)54(41-25-13-7-14-26-41)42-27-15-8-16-28-42;;;;;/h5-16,21-28,31,33-34,51H,17-20,29-30,32H2,1-4H3;5-16,21-28,31-34,51-52H,17-20,29-30H2,1-4H3;2*1H3;2*1H;/q;;2*-1;;;+4/p-2. The number of anilines is 12. The second-order valence-electron chi connectivity index (χ2n) is 33.8. The van der Waals surface area contributed by atoms with Crippen molar-refractivity contribution in [3.8, 4) is 0 Å². The van der Waals surface area contributed by atoms with Gasteiger partial charge in [-0.2, -0.15) is 0 Å². The fourth-order valence-electron chi connectivity index (χ4n) is 22.3. The van der Waals surface area contributed by atoms with Gasteiger partial charge in [0.25, 0.3) is 0 Å². The maximum absolute atomic E-state index is 4.93. The van der Waals surface area contributed by atoms with E-state index < -0.39 is 37.0 Å². The average molecular weight is 1650 g/mol. The van der Waals surface area contributed by atoms with Gasteiger partial charge in [-0.05, 0) is 281 Å². The molecule has 115 heavy (non-hydrogen) atoms. The van der Waals surface area contributed by atoms with Crippen molar-refractivity contribution in [1.29, 1.82) is 0 Å². The first-order valence-corrected chi connectivity index (χ1v) is 53.8. The summed E-state index contributed by atoms with van der Waals surface area (Å²) in [5.41, 5.74) is 47.5. The van der Waals surface area contributed by atoms with Crippen LogP contribution in [0.1, 0.15) is 159 Å². The van der Waals surface area contributed by atoms with Crippen LogP contribution in [0.15, 0.2) is 289 Å². The number of rotatable bonds is 16. The minimum absolute atomic E-state index is 0. The fraction of sp³-hybridized carbons (Fsp3) is 0.226. The number of allylic oxidation sites excluding steroid dienone is 4. The van der Waals surface area contributed by atoms with Crippen LogP contribution in [0.2, 0.25) is 26.2 Å². The molecule has 9 heteroatoms. The molecule has 20 rings (SSSR count). The fourth-order valence-corrected chi connectivity index (χ4v) is 31.9. The molecule has 3 unspecified atom stereocenters. The predicted octanol–water partition coefficient (Wildman–Crippen LogP) is 30.3. The molecule has 0 spiro atoms. The normalized spacial score (nSPS) is 16.7. The van der Waals surface area contributed by atoms with Crippen molar-refractivity contribution >= 4 is 125 Å². The first-order valence-electron chi connectivity index (χ1n) is 41.3. The minimum atomic E-state index is -2.19. The van der Waals surface area contributed by atoms with E-state index in [2.05, 4.69) is 359 Å². The summed E-state index contributed by atoms with van der Waals surface area (Å²) in [6.07, 6.45) is 22.9. The van der Waals surface area contributed by atoms with E-state index in [0.717, 1.165) is 57.8 Å². The van der Waals surface area contributed by atoms with Gasteiger partial charge in [-0.1, -0.05) is 242 Å². The van der Waals surface area contributed by atoms with Crippen LogP contribution in [0.25, 0.3) is 23.4 Å². The SMILES string of the molecule is CC1=Cc2c(cc3c(c2N(c2ccccc2)c2ccccc2)CCC3)C1[Si](C)(C)C1=C(C)Cc2c1cc1c(c2N(c2ccccc2)c2ccccc2)CCC1.CC1=Cc2c(cc3c(c2N(c2ccccc2)c2ccccc2)CCC3)C1[Si](C)(C)C1C(C)=Cc2c1cc1c(c2N(c2ccccc2)c2ccccc2)CCC1.[CH3-].[CH3-].[Cl][Zr+2][Cl]. The molecule has 3 atom stereocenters. The van der Waals surface area contributed by atoms with Crippen LogP contribution in [-0.4, -0.2) is 16.1 Å². The molecule has 576 valence electrons. The Morgan fingerprint density at radius 1 is 0.304 bits per heavy atom. The third-order valence-electron chi connectivity index (χ3n) is 26.2. The van der Waals surface area contributed by atoms with Gasteiger partial charge in [-0.25, -0.2) is 0 Å². The summed E-state index contributed by atoms with van der Waals surface area (Å²) < 4.78 is 0. The van der Waals surface area contributed by atoms with E-state index in [9.17, 15) is 0 Å². The number of benzene rings is 12. The summed E-state index contributed by atoms with van der Waals surface area (Å²) in [4.78, 5) is 10.3. The van der Waals surface area contributed by atoms with Gasteiger partial charge in [0, 0.05) is 78.8 Å². The summed E-state index contributed by atoms with van der Waals surface area (Å²) in [6.45, 7) is 20.6. The molecule has 8 aliphatic carbocycles. The van der Waals surface area contributed by atoms with Crippen molar-refractivity contribution < 1.29 is 20.8 Å². The number of para-hydroxylation sites is 8. The molecule has 0 amide bonds. The summed E-state index contributed by atoms with van der Waals surface area (Å²) in [5.74, 6) is 0. The van der Waals surface area contributed by atoms with Gasteiger partial charge < -0.3 is 34.5 Å². The second kappa shape index (κ2) is 33.4. The van der Waals surface area contributed by atoms with E-state index >= 15 is 0 Å². The number of aryl methyl sites for hydroxylation is 4. The van der Waals surface area contributed by atoms with E-state index in [4.69, 9.17) is 17.0 Å². The molecule has 0 radical (unpaired) electrons. The van der Waals surface area contributed by atoms with Gasteiger partial charge in [0.1, 0.15) is 0 Å². The molecule has 0 aliphatic heterocycles. The van der Waals surface area contributed by atoms with Crippen molar-refractivity contribution in [3.63, 3.8) is 0 Å². The summed E-state index contributed by atoms with van der Waals surface area (Å²) in [5, 5.41) is 1.69. The zero-order chi connectivity index (χ0) is 77.2. The van der Waals surface area contributed by atoms with Crippen molar-refractivity contribution in [2.45, 2.75) is 154 Å². The number of halogens is 2.